The summed E-state index contributed by atoms with van der Waals surface area (Å²) < 4.78 is 81.8. The van der Waals surface area contributed by atoms with Gasteiger partial charge in [0.15, 0.2) is 0 Å². The number of benzene rings is 3. The number of anilines is 1. The summed E-state index contributed by atoms with van der Waals surface area (Å²) in [7, 11) is 1.57. The highest BCUT2D eigenvalue weighted by atomic mass is 19.4. The van der Waals surface area contributed by atoms with Crippen LogP contribution in [0.3, 0.4) is 0 Å². The second kappa shape index (κ2) is 9.82. The number of aryl methyl sites for hydroxylation is 1. The van der Waals surface area contributed by atoms with Gasteiger partial charge in [0.25, 0.3) is 11.8 Å². The van der Waals surface area contributed by atoms with Gasteiger partial charge in [-0.2, -0.15) is 26.3 Å². The van der Waals surface area contributed by atoms with Crippen LogP contribution in [-0.2, 0) is 25.9 Å². The molecule has 4 rings (SSSR count). The van der Waals surface area contributed by atoms with Crippen LogP contribution < -0.4 is 16.2 Å². The molecule has 1 aromatic heterocycles. The lowest BCUT2D eigenvalue weighted by Gasteiger charge is -2.20. The molecular weight excluding hydrogens is 516 g/mol. The molecule has 0 atom stereocenters. The second-order valence-corrected chi connectivity index (χ2v) is 8.27. The average molecular weight is 535 g/mol. The molecule has 0 aliphatic rings. The highest BCUT2D eigenvalue weighted by Gasteiger charge is 2.36. The van der Waals surface area contributed by atoms with E-state index in [1.807, 2.05) is 0 Å². The summed E-state index contributed by atoms with van der Waals surface area (Å²) in [6.07, 6.45) is -8.11. The van der Waals surface area contributed by atoms with Gasteiger partial charge in [0.2, 0.25) is 0 Å². The molecule has 0 aliphatic heterocycles. The Balaban J connectivity index is 1.69. The van der Waals surface area contributed by atoms with Crippen LogP contribution in [0.4, 0.5) is 32.0 Å². The van der Waals surface area contributed by atoms with Gasteiger partial charge in [0, 0.05) is 13.6 Å². The number of nitrogens with zero attached hydrogens (tertiary/aromatic N) is 3. The topological polar surface area (TPSA) is 93.2 Å². The summed E-state index contributed by atoms with van der Waals surface area (Å²) in [5.41, 5.74) is -2.82. The molecule has 0 aliphatic carbocycles. The average Bonchev–Trinajstić information content (AvgIpc) is 3.25. The number of nitrogens with two attached hydrogens (primary N) is 1. The zero-order valence-corrected chi connectivity index (χ0v) is 19.6. The second-order valence-electron chi connectivity index (χ2n) is 8.27. The van der Waals surface area contributed by atoms with Gasteiger partial charge in [0.1, 0.15) is 5.52 Å². The number of carbonyl (C=O) groups excluding carboxylic acids is 2. The van der Waals surface area contributed by atoms with Crippen LogP contribution in [0.25, 0.3) is 11.0 Å². The molecule has 13 heteroatoms. The van der Waals surface area contributed by atoms with E-state index < -0.39 is 47.4 Å². The zero-order valence-electron chi connectivity index (χ0n) is 19.6. The van der Waals surface area contributed by atoms with Crippen molar-refractivity contribution in [3.8, 4) is 0 Å². The Morgan fingerprint density at radius 3 is 2.18 bits per heavy atom. The van der Waals surface area contributed by atoms with E-state index >= 15 is 0 Å². The number of hydrazine groups is 1. The quantitative estimate of drug-likeness (QED) is 0.162. The third-order valence-electron chi connectivity index (χ3n) is 5.78. The van der Waals surface area contributed by atoms with Crippen molar-refractivity contribution in [2.24, 2.45) is 12.9 Å². The highest BCUT2D eigenvalue weighted by Crippen LogP contribution is 2.34. The van der Waals surface area contributed by atoms with Gasteiger partial charge in [-0.15, -0.1) is 0 Å². The number of fused-ring (bicyclic) bond motifs is 1. The number of rotatable bonds is 5. The van der Waals surface area contributed by atoms with Gasteiger partial charge in [-0.25, -0.2) is 15.8 Å². The van der Waals surface area contributed by atoms with Crippen LogP contribution >= 0.6 is 0 Å². The summed E-state index contributed by atoms with van der Waals surface area (Å²) in [6, 6.07) is 11.3. The standard InChI is InChI=1S/C25H19F6N5O2/c1-35-13-34-21-17(22(37)33-12-14-6-2-4-8-18(14)24(26,27)28)10-15(11-20(21)35)36(32)23(38)16-7-3-5-9-19(16)25(29,30)31/h2-11,13H,12,32H2,1H3,(H,33,37). The van der Waals surface area contributed by atoms with Gasteiger partial charge in [0.05, 0.1) is 39.8 Å². The van der Waals surface area contributed by atoms with Crippen molar-refractivity contribution < 1.29 is 35.9 Å². The first kappa shape index (κ1) is 26.7. The van der Waals surface area contributed by atoms with Crippen LogP contribution in [0, 0.1) is 0 Å². The normalized spacial score (nSPS) is 12.0. The van der Waals surface area contributed by atoms with Crippen molar-refractivity contribution in [1.82, 2.24) is 14.9 Å². The number of imidazole rings is 1. The molecular formula is C25H19F6N5O2. The molecule has 4 aromatic rings. The van der Waals surface area contributed by atoms with Crippen LogP contribution in [0.2, 0.25) is 0 Å². The maximum Gasteiger partial charge on any atom is 0.417 e. The van der Waals surface area contributed by atoms with E-state index in [0.717, 1.165) is 30.3 Å². The molecule has 198 valence electrons. The fourth-order valence-electron chi connectivity index (χ4n) is 3.91. The molecule has 0 saturated carbocycles. The molecule has 0 radical (unpaired) electrons. The monoisotopic (exact) mass is 535 g/mol. The van der Waals surface area contributed by atoms with Gasteiger partial charge < -0.3 is 9.88 Å². The molecule has 0 unspecified atom stereocenters. The minimum atomic E-state index is -4.82. The summed E-state index contributed by atoms with van der Waals surface area (Å²) >= 11 is 0. The van der Waals surface area contributed by atoms with Crippen molar-refractivity contribution >= 4 is 28.5 Å². The fraction of sp³-hybridized carbons (Fsp3) is 0.160. The Hall–Kier alpha value is -4.39. The Morgan fingerprint density at radius 2 is 1.53 bits per heavy atom. The molecule has 1 heterocycles. The van der Waals surface area contributed by atoms with Crippen molar-refractivity contribution in [3.63, 3.8) is 0 Å². The van der Waals surface area contributed by atoms with E-state index in [1.54, 1.807) is 7.05 Å². The third kappa shape index (κ3) is 5.18. The largest absolute Gasteiger partial charge is 0.417 e. The van der Waals surface area contributed by atoms with Crippen LogP contribution in [-0.4, -0.2) is 21.4 Å². The van der Waals surface area contributed by atoms with Gasteiger partial charge in [-0.1, -0.05) is 30.3 Å². The van der Waals surface area contributed by atoms with Crippen molar-refractivity contribution in [2.75, 3.05) is 5.01 Å². The smallest absolute Gasteiger partial charge is 0.348 e. The Labute approximate surface area is 211 Å². The molecule has 2 amide bonds. The molecule has 0 spiro atoms. The summed E-state index contributed by atoms with van der Waals surface area (Å²) in [4.78, 5) is 30.2. The van der Waals surface area contributed by atoms with Gasteiger partial charge in [-0.05, 0) is 35.9 Å². The lowest BCUT2D eigenvalue weighted by Crippen LogP contribution is -2.38. The lowest BCUT2D eigenvalue weighted by molar-refractivity contribution is -0.138. The minimum Gasteiger partial charge on any atom is -0.348 e. The van der Waals surface area contributed by atoms with Crippen molar-refractivity contribution in [3.05, 3.63) is 94.8 Å². The Morgan fingerprint density at radius 1 is 0.921 bits per heavy atom. The predicted octanol–water partition coefficient (Wildman–Crippen LogP) is 5.06. The minimum absolute atomic E-state index is 0.135. The summed E-state index contributed by atoms with van der Waals surface area (Å²) in [5.74, 6) is 3.90. The first-order chi connectivity index (χ1) is 17.8. The van der Waals surface area contributed by atoms with E-state index in [4.69, 9.17) is 5.84 Å². The van der Waals surface area contributed by atoms with Crippen molar-refractivity contribution in [1.29, 1.82) is 0 Å². The van der Waals surface area contributed by atoms with Gasteiger partial charge in [-0.3, -0.25) is 9.59 Å². The van der Waals surface area contributed by atoms with E-state index in [2.05, 4.69) is 10.3 Å². The van der Waals surface area contributed by atoms with E-state index in [0.29, 0.717) is 10.5 Å². The number of hydrogen-bond donors (Lipinski definition) is 2. The van der Waals surface area contributed by atoms with E-state index in [1.165, 1.54) is 41.2 Å². The lowest BCUT2D eigenvalue weighted by atomic mass is 10.1. The maximum absolute atomic E-state index is 13.4. The number of aromatic nitrogens is 2. The number of alkyl halides is 6. The van der Waals surface area contributed by atoms with Gasteiger partial charge >= 0.3 is 12.4 Å². The first-order valence-corrected chi connectivity index (χ1v) is 10.9. The number of amides is 2. The highest BCUT2D eigenvalue weighted by molar-refractivity contribution is 6.10. The molecule has 0 saturated heterocycles. The summed E-state index contributed by atoms with van der Waals surface area (Å²) in [5, 5.41) is 2.87. The number of hydrogen-bond acceptors (Lipinski definition) is 4. The molecule has 0 fully saturated rings. The molecule has 3 aromatic carbocycles. The summed E-state index contributed by atoms with van der Waals surface area (Å²) in [6.45, 7) is -0.475. The van der Waals surface area contributed by atoms with Crippen molar-refractivity contribution in [2.45, 2.75) is 18.9 Å². The zero-order chi connectivity index (χ0) is 27.8. The van der Waals surface area contributed by atoms with E-state index in [-0.39, 0.29) is 22.3 Å². The van der Waals surface area contributed by atoms with Crippen LogP contribution in [0.5, 0.6) is 0 Å². The van der Waals surface area contributed by atoms with Crippen LogP contribution in [0.1, 0.15) is 37.4 Å². The van der Waals surface area contributed by atoms with E-state index in [9.17, 15) is 35.9 Å². The first-order valence-electron chi connectivity index (χ1n) is 10.9. The molecule has 3 N–H and O–H groups in total. The molecule has 38 heavy (non-hydrogen) atoms. The SMILES string of the molecule is Cn1cnc2c(C(=O)NCc3ccccc3C(F)(F)F)cc(N(N)C(=O)c3ccccc3C(F)(F)F)cc21. The third-order valence-corrected chi connectivity index (χ3v) is 5.78. The Bertz CT molecular complexity index is 1530. The molecule has 0 bridgehead atoms. The number of halogens is 6. The predicted molar refractivity (Wildman–Crippen MR) is 126 cm³/mol. The van der Waals surface area contributed by atoms with Crippen LogP contribution in [0.15, 0.2) is 67.0 Å². The Kier molecular flexibility index (Phi) is 6.89. The maximum atomic E-state index is 13.4. The fourth-order valence-corrected chi connectivity index (χ4v) is 3.91. The number of nitrogens with one attached hydrogen (secondary N) is 1. The molecule has 7 nitrogen and oxygen atoms in total. The number of carbonyl (C=O) groups is 2.